The molecule has 0 aliphatic rings. The SMILES string of the molecule is Cc1ccc(C(=O)Nc2ccc(OS(=O)O)c3cccc(SON=O)c23)cc1NC(=O)c1cccc(NC(=O)Nc2cccc(C(=O)Nc3cc(C(=O)Nc4ccc(OS(=O)O)c5cc(S(=O)(=O)O)cc(S(=O)(=O)O)c45)ccc3C)c2)c1. The van der Waals surface area contributed by atoms with E-state index in [-0.39, 0.29) is 62.1 Å². The van der Waals surface area contributed by atoms with Crippen molar-refractivity contribution in [2.45, 2.75) is 28.5 Å². The van der Waals surface area contributed by atoms with Crippen LogP contribution in [0, 0.1) is 18.8 Å². The Bertz CT molecular complexity index is 4260. The summed E-state index contributed by atoms with van der Waals surface area (Å²) < 4.78 is 125. The van der Waals surface area contributed by atoms with Crippen LogP contribution in [-0.2, 0) is 47.2 Å². The zero-order valence-electron chi connectivity index (χ0n) is 41.7. The lowest BCUT2D eigenvalue weighted by molar-refractivity contribution is 0.101. The summed E-state index contributed by atoms with van der Waals surface area (Å²) >= 11 is -5.14. The number of hydrogen-bond acceptors (Lipinski definition) is 17. The number of fused-ring (bicyclic) bond motifs is 2. The largest absolute Gasteiger partial charge is 0.379 e. The maximum absolute atomic E-state index is 13.7. The van der Waals surface area contributed by atoms with Gasteiger partial charge in [-0.05, 0) is 128 Å². The van der Waals surface area contributed by atoms with Gasteiger partial charge in [0.2, 0.25) is 0 Å². The van der Waals surface area contributed by atoms with Crippen LogP contribution in [0.3, 0.4) is 0 Å². The van der Waals surface area contributed by atoms with Gasteiger partial charge in [0.15, 0.2) is 16.8 Å². The molecule has 0 aliphatic carbocycles. The van der Waals surface area contributed by atoms with Gasteiger partial charge in [0.1, 0.15) is 16.9 Å². The molecule has 0 saturated heterocycles. The molecule has 10 N–H and O–H groups in total. The molecule has 0 spiro atoms. The number of anilines is 6. The van der Waals surface area contributed by atoms with Gasteiger partial charge in [-0.2, -0.15) is 25.3 Å². The molecule has 0 bridgehead atoms. The fraction of sp³-hybridized carbons (Fsp3) is 0.0392. The second-order valence-electron chi connectivity index (χ2n) is 17.1. The lowest BCUT2D eigenvalue weighted by Gasteiger charge is -2.16. The van der Waals surface area contributed by atoms with Gasteiger partial charge in [-0.25, -0.2) is 4.79 Å². The number of nitrogens with zero attached hydrogens (tertiary/aromatic N) is 1. The van der Waals surface area contributed by atoms with Crippen molar-refractivity contribution in [1.82, 2.24) is 0 Å². The number of carbonyl (C=O) groups excluding carboxylic acids is 5. The van der Waals surface area contributed by atoms with Crippen LogP contribution < -0.4 is 40.3 Å². The molecule has 0 radical (unpaired) electrons. The van der Waals surface area contributed by atoms with E-state index in [9.17, 15) is 72.3 Å². The first-order valence-electron chi connectivity index (χ1n) is 23.0. The smallest absolute Gasteiger partial charge is 0.357 e. The Kier molecular flexibility index (Phi) is 17.7. The second-order valence-corrected chi connectivity index (χ2v) is 21.9. The first kappa shape index (κ1) is 59.0. The van der Waals surface area contributed by atoms with Gasteiger partial charge in [0.05, 0.1) is 21.2 Å². The van der Waals surface area contributed by atoms with Gasteiger partial charge in [0.25, 0.3) is 43.9 Å². The summed E-state index contributed by atoms with van der Waals surface area (Å²) in [7, 11) is -10.5. The fourth-order valence-electron chi connectivity index (χ4n) is 8.07. The topological polar surface area (TPSA) is 398 Å². The normalized spacial score (nSPS) is 12.1. The van der Waals surface area contributed by atoms with Crippen molar-refractivity contribution in [3.05, 3.63) is 178 Å². The zero-order valence-corrected chi connectivity index (χ0v) is 45.8. The highest BCUT2D eigenvalue weighted by Gasteiger charge is 2.27. The molecule has 0 heterocycles. The van der Waals surface area contributed by atoms with E-state index in [1.54, 1.807) is 38.1 Å². The molecular formula is C51H39N7O19S5. The zero-order chi connectivity index (χ0) is 59.2. The molecule has 8 rings (SSSR count). The monoisotopic (exact) mass is 1210 g/mol. The van der Waals surface area contributed by atoms with E-state index in [0.717, 1.165) is 12.1 Å². The second kappa shape index (κ2) is 24.7. The predicted molar refractivity (Wildman–Crippen MR) is 303 cm³/mol. The van der Waals surface area contributed by atoms with Gasteiger partial charge in [-0.15, -0.1) is 4.91 Å². The Labute approximate surface area is 472 Å². The number of urea groups is 1. The summed E-state index contributed by atoms with van der Waals surface area (Å²) in [5.74, 6) is -3.43. The van der Waals surface area contributed by atoms with Crippen molar-refractivity contribution in [3.63, 3.8) is 0 Å². The van der Waals surface area contributed by atoms with Crippen LogP contribution >= 0.6 is 12.0 Å². The summed E-state index contributed by atoms with van der Waals surface area (Å²) in [5.41, 5.74) is 1.79. The van der Waals surface area contributed by atoms with Crippen molar-refractivity contribution in [2.75, 3.05) is 31.9 Å². The van der Waals surface area contributed by atoms with Crippen molar-refractivity contribution in [1.29, 1.82) is 0 Å². The van der Waals surface area contributed by atoms with E-state index in [1.807, 2.05) is 0 Å². The highest BCUT2D eigenvalue weighted by Crippen LogP contribution is 2.41. The molecule has 2 atom stereocenters. The Morgan fingerprint density at radius 3 is 1.41 bits per heavy atom. The number of carbonyl (C=O) groups is 5. The first-order valence-corrected chi connectivity index (χ1v) is 28.7. The molecule has 0 fully saturated rings. The maximum atomic E-state index is 13.7. The maximum Gasteiger partial charge on any atom is 0.357 e. The lowest BCUT2D eigenvalue weighted by atomic mass is 10.1. The molecule has 422 valence electrons. The molecule has 6 amide bonds. The van der Waals surface area contributed by atoms with E-state index in [4.69, 9.17) is 8.37 Å². The predicted octanol–water partition coefficient (Wildman–Crippen LogP) is 9.49. The molecule has 2 unspecified atom stereocenters. The van der Waals surface area contributed by atoms with Crippen molar-refractivity contribution in [3.8, 4) is 11.5 Å². The van der Waals surface area contributed by atoms with Gasteiger partial charge in [0, 0.05) is 66.5 Å². The van der Waals surface area contributed by atoms with Gasteiger partial charge in [-0.3, -0.25) is 41.7 Å². The number of nitrogens with one attached hydrogen (secondary N) is 6. The minimum absolute atomic E-state index is 0.00730. The minimum Gasteiger partial charge on any atom is -0.379 e. The van der Waals surface area contributed by atoms with Crippen LogP contribution in [0.1, 0.15) is 52.6 Å². The Morgan fingerprint density at radius 1 is 0.500 bits per heavy atom. The summed E-state index contributed by atoms with van der Waals surface area (Å²) in [5, 5.41) is 17.8. The molecule has 8 aromatic carbocycles. The fourth-order valence-corrected chi connectivity index (χ4v) is 10.6. The Hall–Kier alpha value is -9.18. The highest BCUT2D eigenvalue weighted by molar-refractivity contribution is 7.95. The minimum atomic E-state index is -5.32. The van der Waals surface area contributed by atoms with Crippen LogP contribution in [0.25, 0.3) is 21.5 Å². The molecule has 0 saturated carbocycles. The van der Waals surface area contributed by atoms with Crippen LogP contribution in [0.5, 0.6) is 11.5 Å². The van der Waals surface area contributed by atoms with E-state index in [0.29, 0.717) is 51.0 Å². The van der Waals surface area contributed by atoms with Crippen molar-refractivity contribution >= 4 is 140 Å². The third kappa shape index (κ3) is 14.0. The van der Waals surface area contributed by atoms with E-state index >= 15 is 0 Å². The lowest BCUT2D eigenvalue weighted by Crippen LogP contribution is -2.21. The molecule has 0 aliphatic heterocycles. The summed E-state index contributed by atoms with van der Waals surface area (Å²) in [4.78, 5) is 76.8. The number of aryl methyl sites for hydroxylation is 2. The average molecular weight is 1210 g/mol. The molecule has 8 aromatic rings. The van der Waals surface area contributed by atoms with Gasteiger partial charge < -0.3 is 40.3 Å². The Morgan fingerprint density at radius 2 is 0.951 bits per heavy atom. The Balaban J connectivity index is 0.923. The van der Waals surface area contributed by atoms with Crippen LogP contribution in [0.15, 0.2) is 160 Å². The quantitative estimate of drug-likeness (QED) is 0.0118. The first-order chi connectivity index (χ1) is 38.9. The highest BCUT2D eigenvalue weighted by atomic mass is 32.2. The number of benzene rings is 8. The number of rotatable bonds is 19. The molecule has 31 heteroatoms. The summed E-state index contributed by atoms with van der Waals surface area (Å²) in [6, 6.07) is 30.1. The van der Waals surface area contributed by atoms with E-state index < -0.39 is 98.9 Å². The van der Waals surface area contributed by atoms with Gasteiger partial charge in [-0.1, -0.05) is 36.4 Å². The average Bonchev–Trinajstić information content (AvgIpc) is 3.62. The molecule has 82 heavy (non-hydrogen) atoms. The molecule has 26 nitrogen and oxygen atoms in total. The van der Waals surface area contributed by atoms with E-state index in [2.05, 4.69) is 41.5 Å². The standard InChI is InChI=1S/C51H39N7O19S5/c1-26-12-14-30(49(61)54-37-16-18-41(75-79(65)66)35-10-5-11-43(45(35)37)78-77-58-64)22-39(26)56-47(59)28-6-3-8-32(20-28)52-51(63)53-33-9-4-7-29(21-33)48(60)57-40-23-31(15-13-27(40)2)50(62)55-38-17-19-42(76-80(67)68)36-24-34(81(69,70)71)25-44(46(36)38)82(72,73)74/h3-25H,1-2H3,(H,54,61)(H,55,62)(H,56,59)(H,57,60)(H,65,66)(H,67,68)(H2,52,53,63)(H,69,70,71)(H,72,73,74). The van der Waals surface area contributed by atoms with E-state index in [1.165, 1.54) is 91.0 Å². The molecular weight excluding hydrogens is 1170 g/mol. The number of amides is 6. The third-order valence-corrected chi connectivity index (χ3v) is 14.8. The third-order valence-electron chi connectivity index (χ3n) is 11.8. The van der Waals surface area contributed by atoms with Crippen LogP contribution in [0.2, 0.25) is 0 Å². The summed E-state index contributed by atoms with van der Waals surface area (Å²) in [6.45, 7) is 3.31. The van der Waals surface area contributed by atoms with Crippen molar-refractivity contribution < 1.29 is 80.1 Å². The molecule has 0 aromatic heterocycles. The van der Waals surface area contributed by atoms with Crippen LogP contribution in [-0.4, -0.2) is 73.1 Å². The van der Waals surface area contributed by atoms with Crippen LogP contribution in [0.4, 0.5) is 38.9 Å². The van der Waals surface area contributed by atoms with Gasteiger partial charge >= 0.3 is 28.8 Å². The number of hydrogen-bond donors (Lipinski definition) is 10. The summed E-state index contributed by atoms with van der Waals surface area (Å²) in [6.07, 6.45) is 0. The van der Waals surface area contributed by atoms with Crippen molar-refractivity contribution in [2.24, 2.45) is 5.34 Å².